The fourth-order valence-corrected chi connectivity index (χ4v) is 1.46. The highest BCUT2D eigenvalue weighted by molar-refractivity contribution is 6.32. The van der Waals surface area contributed by atoms with Gasteiger partial charge in [0.1, 0.15) is 17.4 Å². The molecule has 90 valence electrons. The van der Waals surface area contributed by atoms with E-state index in [1.807, 2.05) is 0 Å². The lowest BCUT2D eigenvalue weighted by Gasteiger charge is -2.04. The summed E-state index contributed by atoms with van der Waals surface area (Å²) in [4.78, 5) is 0. The zero-order chi connectivity index (χ0) is 12.3. The first kappa shape index (κ1) is 12.1. The van der Waals surface area contributed by atoms with Crippen LogP contribution in [0.1, 0.15) is 11.8 Å². The van der Waals surface area contributed by atoms with Crippen molar-refractivity contribution in [3.63, 3.8) is 0 Å². The first-order valence-electron chi connectivity index (χ1n) is 4.64. The second-order valence-corrected chi connectivity index (χ2v) is 3.76. The maximum absolute atomic E-state index is 12.8. The molecule has 0 unspecified atom stereocenters. The lowest BCUT2D eigenvalue weighted by molar-refractivity contribution is 0.260. The average molecular weight is 277 g/mol. The molecule has 1 aromatic carbocycles. The van der Waals surface area contributed by atoms with E-state index >= 15 is 0 Å². The van der Waals surface area contributed by atoms with Gasteiger partial charge in [-0.15, -0.1) is 21.8 Å². The molecule has 0 atom stereocenters. The molecule has 17 heavy (non-hydrogen) atoms. The Bertz CT molecular complexity index is 519. The summed E-state index contributed by atoms with van der Waals surface area (Å²) in [6, 6.07) is 3.84. The maximum Gasteiger partial charge on any atom is 0.253 e. The van der Waals surface area contributed by atoms with E-state index in [4.69, 9.17) is 32.4 Å². The Balaban J connectivity index is 2.02. The number of aromatic nitrogens is 2. The van der Waals surface area contributed by atoms with Gasteiger partial charge in [0.15, 0.2) is 6.61 Å². The van der Waals surface area contributed by atoms with Crippen molar-refractivity contribution in [3.05, 3.63) is 40.8 Å². The summed E-state index contributed by atoms with van der Waals surface area (Å²) in [6.45, 7) is 0.0508. The third-order valence-corrected chi connectivity index (χ3v) is 2.39. The number of ether oxygens (including phenoxy) is 1. The van der Waals surface area contributed by atoms with Crippen LogP contribution in [0.2, 0.25) is 5.02 Å². The number of halogens is 3. The molecular weight excluding hydrogens is 270 g/mol. The van der Waals surface area contributed by atoms with Crippen LogP contribution in [0.25, 0.3) is 0 Å². The Kier molecular flexibility index (Phi) is 3.81. The monoisotopic (exact) mass is 276 g/mol. The van der Waals surface area contributed by atoms with Crippen LogP contribution in [0, 0.1) is 5.82 Å². The minimum atomic E-state index is -0.426. The van der Waals surface area contributed by atoms with Crippen LogP contribution in [0.15, 0.2) is 22.6 Å². The molecule has 0 radical (unpaired) electrons. The molecule has 7 heteroatoms. The third-order valence-electron chi connectivity index (χ3n) is 1.87. The molecule has 1 aromatic heterocycles. The summed E-state index contributed by atoms with van der Waals surface area (Å²) in [5.41, 5.74) is 0. The van der Waals surface area contributed by atoms with Crippen molar-refractivity contribution in [1.29, 1.82) is 0 Å². The van der Waals surface area contributed by atoms with Crippen molar-refractivity contribution in [1.82, 2.24) is 10.2 Å². The Morgan fingerprint density at radius 3 is 2.71 bits per heavy atom. The number of hydrogen-bond acceptors (Lipinski definition) is 4. The van der Waals surface area contributed by atoms with Crippen molar-refractivity contribution in [3.8, 4) is 5.75 Å². The van der Waals surface area contributed by atoms with Gasteiger partial charge in [-0.1, -0.05) is 11.6 Å². The first-order chi connectivity index (χ1) is 8.19. The van der Waals surface area contributed by atoms with Crippen LogP contribution in [0.5, 0.6) is 5.75 Å². The topological polar surface area (TPSA) is 48.2 Å². The van der Waals surface area contributed by atoms with Crippen LogP contribution in [-0.2, 0) is 12.5 Å². The number of alkyl halides is 1. The molecule has 0 bridgehead atoms. The molecule has 0 aliphatic heterocycles. The third kappa shape index (κ3) is 3.08. The summed E-state index contributed by atoms with van der Waals surface area (Å²) >= 11 is 11.3. The van der Waals surface area contributed by atoms with Gasteiger partial charge in [-0.05, 0) is 18.2 Å². The van der Waals surface area contributed by atoms with Crippen LogP contribution in [0.4, 0.5) is 4.39 Å². The van der Waals surface area contributed by atoms with Crippen molar-refractivity contribution in [2.75, 3.05) is 0 Å². The molecule has 0 saturated carbocycles. The lowest BCUT2D eigenvalue weighted by Crippen LogP contribution is -1.96. The smallest absolute Gasteiger partial charge is 0.253 e. The Morgan fingerprint density at radius 1 is 1.29 bits per heavy atom. The van der Waals surface area contributed by atoms with Gasteiger partial charge in [-0.3, -0.25) is 0 Å². The standard InChI is InChI=1S/C10H7Cl2FN2O2/c11-4-9-14-15-10(17-9)5-16-8-2-1-6(13)3-7(8)12/h1-3H,4-5H2. The highest BCUT2D eigenvalue weighted by Crippen LogP contribution is 2.25. The normalized spacial score (nSPS) is 10.5. The van der Waals surface area contributed by atoms with E-state index in [0.717, 1.165) is 6.07 Å². The van der Waals surface area contributed by atoms with E-state index in [9.17, 15) is 4.39 Å². The van der Waals surface area contributed by atoms with Crippen LogP contribution >= 0.6 is 23.2 Å². The molecule has 4 nitrogen and oxygen atoms in total. The molecule has 0 aliphatic carbocycles. The molecule has 2 aromatic rings. The van der Waals surface area contributed by atoms with Gasteiger partial charge < -0.3 is 9.15 Å². The number of hydrogen-bond donors (Lipinski definition) is 0. The van der Waals surface area contributed by atoms with Crippen molar-refractivity contribution in [2.45, 2.75) is 12.5 Å². The summed E-state index contributed by atoms with van der Waals surface area (Å²) in [7, 11) is 0. The van der Waals surface area contributed by atoms with Crippen molar-refractivity contribution >= 4 is 23.2 Å². The van der Waals surface area contributed by atoms with E-state index in [0.29, 0.717) is 11.6 Å². The maximum atomic E-state index is 12.8. The summed E-state index contributed by atoms with van der Waals surface area (Å²) in [6.07, 6.45) is 0. The highest BCUT2D eigenvalue weighted by atomic mass is 35.5. The van der Waals surface area contributed by atoms with E-state index in [1.54, 1.807) is 0 Å². The van der Waals surface area contributed by atoms with E-state index in [1.165, 1.54) is 12.1 Å². The van der Waals surface area contributed by atoms with Gasteiger partial charge in [0, 0.05) is 0 Å². The SMILES string of the molecule is Fc1ccc(OCc2nnc(CCl)o2)c(Cl)c1. The number of nitrogens with zero attached hydrogens (tertiary/aromatic N) is 2. The predicted octanol–water partition coefficient (Wildman–Crippen LogP) is 3.18. The van der Waals surface area contributed by atoms with E-state index in [-0.39, 0.29) is 23.4 Å². The summed E-state index contributed by atoms with van der Waals surface area (Å²) in [5.74, 6) is 0.657. The Labute approximate surface area is 106 Å². The minimum absolute atomic E-state index is 0.0508. The predicted molar refractivity (Wildman–Crippen MR) is 59.6 cm³/mol. The van der Waals surface area contributed by atoms with Crippen molar-refractivity contribution < 1.29 is 13.5 Å². The molecule has 1 heterocycles. The van der Waals surface area contributed by atoms with Crippen LogP contribution < -0.4 is 4.74 Å². The van der Waals surface area contributed by atoms with Gasteiger partial charge in [0.25, 0.3) is 5.89 Å². The molecule has 0 saturated heterocycles. The second-order valence-electron chi connectivity index (χ2n) is 3.09. The van der Waals surface area contributed by atoms with Crippen LogP contribution in [0.3, 0.4) is 0 Å². The van der Waals surface area contributed by atoms with Gasteiger partial charge >= 0.3 is 0 Å². The molecular formula is C10H7Cl2FN2O2. The molecule has 2 rings (SSSR count). The van der Waals surface area contributed by atoms with E-state index < -0.39 is 5.82 Å². The largest absolute Gasteiger partial charge is 0.482 e. The fraction of sp³-hybridized carbons (Fsp3) is 0.200. The first-order valence-corrected chi connectivity index (χ1v) is 5.55. The van der Waals surface area contributed by atoms with Gasteiger partial charge in [0.2, 0.25) is 5.89 Å². The zero-order valence-electron chi connectivity index (χ0n) is 8.49. The average Bonchev–Trinajstić information content (AvgIpc) is 2.76. The van der Waals surface area contributed by atoms with Crippen LogP contribution in [-0.4, -0.2) is 10.2 Å². The highest BCUT2D eigenvalue weighted by Gasteiger charge is 2.08. The molecule has 0 amide bonds. The molecule has 0 N–H and O–H groups in total. The Hall–Kier alpha value is -1.33. The molecule has 0 aliphatic rings. The van der Waals surface area contributed by atoms with Gasteiger partial charge in [0.05, 0.1) is 5.02 Å². The minimum Gasteiger partial charge on any atom is -0.482 e. The Morgan fingerprint density at radius 2 is 2.06 bits per heavy atom. The molecule has 0 fully saturated rings. The summed E-state index contributed by atoms with van der Waals surface area (Å²) < 4.78 is 23.2. The quantitative estimate of drug-likeness (QED) is 0.805. The lowest BCUT2D eigenvalue weighted by atomic mass is 10.3. The second kappa shape index (κ2) is 5.33. The van der Waals surface area contributed by atoms with Crippen molar-refractivity contribution in [2.24, 2.45) is 0 Å². The summed E-state index contributed by atoms with van der Waals surface area (Å²) in [5, 5.41) is 7.55. The van der Waals surface area contributed by atoms with Gasteiger partial charge in [-0.25, -0.2) is 4.39 Å². The fourth-order valence-electron chi connectivity index (χ4n) is 1.13. The zero-order valence-corrected chi connectivity index (χ0v) is 10.0. The van der Waals surface area contributed by atoms with Gasteiger partial charge in [-0.2, -0.15) is 0 Å². The number of rotatable bonds is 4. The molecule has 0 spiro atoms. The number of benzene rings is 1. The van der Waals surface area contributed by atoms with E-state index in [2.05, 4.69) is 10.2 Å².